The highest BCUT2D eigenvalue weighted by molar-refractivity contribution is 5.32. The standard InChI is InChI=1S/C12H16N2/c1-3-5-10(2)8-11(14)12(9-13)6-4-7-12/h3,5,8H,1,4,6-7,14H2,2H3/b10-5-,11-8-. The number of hydrogen-bond acceptors (Lipinski definition) is 2. The molecule has 14 heavy (non-hydrogen) atoms. The molecule has 0 atom stereocenters. The Morgan fingerprint density at radius 2 is 2.21 bits per heavy atom. The summed E-state index contributed by atoms with van der Waals surface area (Å²) >= 11 is 0. The number of nitrogens with two attached hydrogens (primary N) is 1. The first-order valence-electron chi connectivity index (χ1n) is 4.83. The van der Waals surface area contributed by atoms with Gasteiger partial charge in [-0.1, -0.05) is 18.7 Å². The van der Waals surface area contributed by atoms with Crippen LogP contribution in [-0.2, 0) is 0 Å². The lowest BCUT2D eigenvalue weighted by Gasteiger charge is -2.35. The molecule has 0 heterocycles. The van der Waals surface area contributed by atoms with Gasteiger partial charge in [0.25, 0.3) is 0 Å². The zero-order chi connectivity index (χ0) is 10.6. The van der Waals surface area contributed by atoms with Crippen LogP contribution in [0.3, 0.4) is 0 Å². The van der Waals surface area contributed by atoms with Gasteiger partial charge in [0.15, 0.2) is 0 Å². The summed E-state index contributed by atoms with van der Waals surface area (Å²) < 4.78 is 0. The Balaban J connectivity index is 2.83. The fourth-order valence-electron chi connectivity index (χ4n) is 1.61. The molecule has 0 unspecified atom stereocenters. The molecule has 2 nitrogen and oxygen atoms in total. The molecule has 0 aromatic heterocycles. The summed E-state index contributed by atoms with van der Waals surface area (Å²) in [6.07, 6.45) is 8.38. The molecule has 2 heteroatoms. The van der Waals surface area contributed by atoms with E-state index in [9.17, 15) is 0 Å². The van der Waals surface area contributed by atoms with E-state index in [-0.39, 0.29) is 5.41 Å². The van der Waals surface area contributed by atoms with Crippen LogP contribution in [0.25, 0.3) is 0 Å². The minimum absolute atomic E-state index is 0.379. The molecule has 1 aliphatic rings. The number of nitrogens with zero attached hydrogens (tertiary/aromatic N) is 1. The molecule has 0 amide bonds. The fourth-order valence-corrected chi connectivity index (χ4v) is 1.61. The lowest BCUT2D eigenvalue weighted by atomic mass is 9.67. The van der Waals surface area contributed by atoms with Gasteiger partial charge in [-0.15, -0.1) is 0 Å². The summed E-state index contributed by atoms with van der Waals surface area (Å²) in [5, 5.41) is 9.04. The summed E-state index contributed by atoms with van der Waals surface area (Å²) in [6, 6.07) is 2.32. The summed E-state index contributed by atoms with van der Waals surface area (Å²) in [5.41, 5.74) is 7.28. The third-order valence-corrected chi connectivity index (χ3v) is 2.74. The predicted molar refractivity (Wildman–Crippen MR) is 58.1 cm³/mol. The Kier molecular flexibility index (Phi) is 3.14. The maximum absolute atomic E-state index is 9.04. The smallest absolute Gasteiger partial charge is 0.0965 e. The largest absolute Gasteiger partial charge is 0.401 e. The molecule has 74 valence electrons. The second-order valence-corrected chi connectivity index (χ2v) is 3.79. The third kappa shape index (κ3) is 1.88. The van der Waals surface area contributed by atoms with Crippen LogP contribution in [-0.4, -0.2) is 0 Å². The molecule has 0 radical (unpaired) electrons. The maximum atomic E-state index is 9.04. The van der Waals surface area contributed by atoms with E-state index in [1.165, 1.54) is 0 Å². The predicted octanol–water partition coefficient (Wildman–Crippen LogP) is 2.66. The molecule has 0 saturated heterocycles. The lowest BCUT2D eigenvalue weighted by molar-refractivity contribution is 0.265. The van der Waals surface area contributed by atoms with Crippen molar-refractivity contribution in [1.82, 2.24) is 0 Å². The van der Waals surface area contributed by atoms with Crippen molar-refractivity contribution in [3.05, 3.63) is 36.1 Å². The molecular weight excluding hydrogens is 172 g/mol. The van der Waals surface area contributed by atoms with Crippen LogP contribution in [0, 0.1) is 16.7 Å². The van der Waals surface area contributed by atoms with E-state index >= 15 is 0 Å². The average Bonchev–Trinajstić information content (AvgIpc) is 2.03. The van der Waals surface area contributed by atoms with E-state index in [1.54, 1.807) is 6.08 Å². The van der Waals surface area contributed by atoms with Crippen molar-refractivity contribution < 1.29 is 0 Å². The van der Waals surface area contributed by atoms with Crippen LogP contribution in [0.2, 0.25) is 0 Å². The van der Waals surface area contributed by atoms with Gasteiger partial charge in [-0.05, 0) is 37.8 Å². The molecule has 0 aromatic carbocycles. The SMILES string of the molecule is C=C/C=C(C)\C=C(/N)C1(C#N)CCC1. The van der Waals surface area contributed by atoms with Gasteiger partial charge in [-0.25, -0.2) is 0 Å². The highest BCUT2D eigenvalue weighted by Gasteiger charge is 2.39. The second-order valence-electron chi connectivity index (χ2n) is 3.79. The molecular formula is C12H16N2. The minimum atomic E-state index is -0.379. The van der Waals surface area contributed by atoms with Crippen LogP contribution in [0.15, 0.2) is 36.1 Å². The topological polar surface area (TPSA) is 49.8 Å². The molecule has 1 saturated carbocycles. The number of nitriles is 1. The Bertz CT molecular complexity index is 325. The Hall–Kier alpha value is -1.49. The van der Waals surface area contributed by atoms with E-state index < -0.39 is 0 Å². The minimum Gasteiger partial charge on any atom is -0.401 e. The zero-order valence-electron chi connectivity index (χ0n) is 8.59. The van der Waals surface area contributed by atoms with Crippen molar-refractivity contribution in [2.45, 2.75) is 26.2 Å². The van der Waals surface area contributed by atoms with E-state index in [1.807, 2.05) is 19.1 Å². The average molecular weight is 188 g/mol. The van der Waals surface area contributed by atoms with Gasteiger partial charge in [0.2, 0.25) is 0 Å². The van der Waals surface area contributed by atoms with Gasteiger partial charge in [0.05, 0.1) is 11.5 Å². The normalized spacial score (nSPS) is 20.9. The van der Waals surface area contributed by atoms with Crippen LogP contribution >= 0.6 is 0 Å². The molecule has 2 N–H and O–H groups in total. The van der Waals surface area contributed by atoms with Crippen molar-refractivity contribution in [2.24, 2.45) is 11.1 Å². The van der Waals surface area contributed by atoms with Gasteiger partial charge in [0.1, 0.15) is 0 Å². The zero-order valence-corrected chi connectivity index (χ0v) is 8.59. The van der Waals surface area contributed by atoms with E-state index in [0.717, 1.165) is 24.8 Å². The number of hydrogen-bond donors (Lipinski definition) is 1. The molecule has 0 aromatic rings. The van der Waals surface area contributed by atoms with Gasteiger partial charge >= 0.3 is 0 Å². The Labute approximate surface area is 85.4 Å². The number of rotatable bonds is 3. The van der Waals surface area contributed by atoms with Crippen molar-refractivity contribution >= 4 is 0 Å². The fraction of sp³-hybridized carbons (Fsp3) is 0.417. The van der Waals surface area contributed by atoms with Crippen molar-refractivity contribution in [2.75, 3.05) is 0 Å². The van der Waals surface area contributed by atoms with Crippen LogP contribution < -0.4 is 5.73 Å². The summed E-state index contributed by atoms with van der Waals surface area (Å²) in [4.78, 5) is 0. The quantitative estimate of drug-likeness (QED) is 0.692. The van der Waals surface area contributed by atoms with Gasteiger partial charge < -0.3 is 5.73 Å². The van der Waals surface area contributed by atoms with Crippen molar-refractivity contribution in [3.63, 3.8) is 0 Å². The monoisotopic (exact) mass is 188 g/mol. The summed E-state index contributed by atoms with van der Waals surface area (Å²) in [7, 11) is 0. The summed E-state index contributed by atoms with van der Waals surface area (Å²) in [5.74, 6) is 0. The third-order valence-electron chi connectivity index (χ3n) is 2.74. The highest BCUT2D eigenvalue weighted by atomic mass is 14.7. The second kappa shape index (κ2) is 4.15. The Morgan fingerprint density at radius 1 is 1.57 bits per heavy atom. The van der Waals surface area contributed by atoms with Crippen LogP contribution in [0.5, 0.6) is 0 Å². The van der Waals surface area contributed by atoms with Crippen LogP contribution in [0.1, 0.15) is 26.2 Å². The molecule has 0 spiro atoms. The summed E-state index contributed by atoms with van der Waals surface area (Å²) in [6.45, 7) is 5.57. The molecule has 0 aliphatic heterocycles. The van der Waals surface area contributed by atoms with Crippen LogP contribution in [0.4, 0.5) is 0 Å². The van der Waals surface area contributed by atoms with Gasteiger partial charge in [-0.2, -0.15) is 5.26 Å². The Morgan fingerprint density at radius 3 is 2.57 bits per heavy atom. The first kappa shape index (κ1) is 10.6. The van der Waals surface area contributed by atoms with E-state index in [4.69, 9.17) is 11.0 Å². The molecule has 1 aliphatic carbocycles. The van der Waals surface area contributed by atoms with Crippen molar-refractivity contribution in [3.8, 4) is 6.07 Å². The number of allylic oxidation sites excluding steroid dienone is 5. The highest BCUT2D eigenvalue weighted by Crippen LogP contribution is 2.44. The first-order valence-corrected chi connectivity index (χ1v) is 4.83. The lowest BCUT2D eigenvalue weighted by Crippen LogP contribution is -2.33. The first-order chi connectivity index (χ1) is 6.64. The van der Waals surface area contributed by atoms with E-state index in [2.05, 4.69) is 12.6 Å². The van der Waals surface area contributed by atoms with Gasteiger partial charge in [0, 0.05) is 5.70 Å². The van der Waals surface area contributed by atoms with Crippen molar-refractivity contribution in [1.29, 1.82) is 5.26 Å². The molecule has 0 bridgehead atoms. The van der Waals surface area contributed by atoms with E-state index in [0.29, 0.717) is 5.70 Å². The molecule has 1 fully saturated rings. The molecule has 1 rings (SSSR count). The maximum Gasteiger partial charge on any atom is 0.0965 e. The van der Waals surface area contributed by atoms with Gasteiger partial charge in [-0.3, -0.25) is 0 Å².